The zero-order chi connectivity index (χ0) is 48.6. The average molecular weight is 946 g/mol. The van der Waals surface area contributed by atoms with E-state index in [9.17, 15) is 14.4 Å². The minimum absolute atomic E-state index is 0.0688. The number of hydrogen-bond acceptors (Lipinski definition) is 6. The van der Waals surface area contributed by atoms with E-state index in [1.54, 1.807) is 0 Å². The number of carbonyl (C=O) groups excluding carboxylic acids is 3. The highest BCUT2D eigenvalue weighted by Crippen LogP contribution is 2.18. The molecule has 0 saturated carbocycles. The summed E-state index contributed by atoms with van der Waals surface area (Å²) in [5.41, 5.74) is 0. The van der Waals surface area contributed by atoms with Crippen LogP contribution in [0, 0.1) is 0 Å². The zero-order valence-electron chi connectivity index (χ0n) is 45.5. The molecule has 0 aromatic heterocycles. The van der Waals surface area contributed by atoms with Gasteiger partial charge in [-0.05, 0) is 44.9 Å². The lowest BCUT2D eigenvalue weighted by Gasteiger charge is -2.18. The van der Waals surface area contributed by atoms with Crippen molar-refractivity contribution in [3.63, 3.8) is 0 Å². The van der Waals surface area contributed by atoms with Crippen LogP contribution in [0.3, 0.4) is 0 Å². The van der Waals surface area contributed by atoms with Gasteiger partial charge in [-0.25, -0.2) is 0 Å². The minimum atomic E-state index is -0.767. The van der Waals surface area contributed by atoms with Crippen LogP contribution in [-0.4, -0.2) is 37.2 Å². The molecule has 0 N–H and O–H groups in total. The molecule has 0 aliphatic rings. The van der Waals surface area contributed by atoms with E-state index in [-0.39, 0.29) is 31.1 Å². The molecule has 0 saturated heterocycles. The molecule has 0 amide bonds. The summed E-state index contributed by atoms with van der Waals surface area (Å²) in [6, 6.07) is 0. The van der Waals surface area contributed by atoms with E-state index < -0.39 is 6.10 Å². The second kappa shape index (κ2) is 56.7. The molecule has 0 aliphatic heterocycles. The van der Waals surface area contributed by atoms with Gasteiger partial charge >= 0.3 is 17.9 Å². The Hall–Kier alpha value is -1.85. The predicted octanol–water partition coefficient (Wildman–Crippen LogP) is 20.1. The molecule has 1 unspecified atom stereocenters. The lowest BCUT2D eigenvalue weighted by Crippen LogP contribution is -2.30. The zero-order valence-corrected chi connectivity index (χ0v) is 45.5. The van der Waals surface area contributed by atoms with Crippen LogP contribution in [0.15, 0.2) is 12.2 Å². The Morgan fingerprint density at radius 3 is 0.746 bits per heavy atom. The highest BCUT2D eigenvalue weighted by molar-refractivity contribution is 5.71. The Kier molecular flexibility index (Phi) is 55.2. The standard InChI is InChI=1S/C61H116O6/c1-4-7-10-13-16-18-20-22-24-25-26-27-28-29-30-31-32-33-34-35-36-37-38-40-41-43-45-48-51-54-60(63)66-57-58(56-65-59(62)53-50-47-15-12-9-6-3)67-61(64)55-52-49-46-44-42-39-23-21-19-17-14-11-8-5-2/h21,23,58H,4-20,22,24-57H2,1-3H3/b23-21-. The van der Waals surface area contributed by atoms with Gasteiger partial charge in [0, 0.05) is 19.3 Å². The summed E-state index contributed by atoms with van der Waals surface area (Å²) in [6.45, 7) is 6.61. The molecule has 0 bridgehead atoms. The first-order valence-electron chi connectivity index (χ1n) is 30.2. The number of rotatable bonds is 56. The fourth-order valence-corrected chi connectivity index (χ4v) is 9.21. The number of esters is 3. The first-order chi connectivity index (χ1) is 33.0. The Labute approximate surface area is 418 Å². The topological polar surface area (TPSA) is 78.9 Å². The van der Waals surface area contributed by atoms with E-state index in [0.717, 1.165) is 64.2 Å². The molecule has 0 spiro atoms. The number of unbranched alkanes of at least 4 members (excludes halogenated alkanes) is 43. The second-order valence-electron chi connectivity index (χ2n) is 20.6. The van der Waals surface area contributed by atoms with Gasteiger partial charge in [-0.1, -0.05) is 290 Å². The van der Waals surface area contributed by atoms with Crippen molar-refractivity contribution >= 4 is 17.9 Å². The number of allylic oxidation sites excluding steroid dienone is 2. The molecule has 396 valence electrons. The van der Waals surface area contributed by atoms with E-state index >= 15 is 0 Å². The summed E-state index contributed by atoms with van der Waals surface area (Å²) in [6.07, 6.45) is 65.5. The third-order valence-corrected chi connectivity index (χ3v) is 13.8. The summed E-state index contributed by atoms with van der Waals surface area (Å²) >= 11 is 0. The van der Waals surface area contributed by atoms with Crippen molar-refractivity contribution in [2.45, 2.75) is 348 Å². The smallest absolute Gasteiger partial charge is 0.306 e. The minimum Gasteiger partial charge on any atom is -0.462 e. The van der Waals surface area contributed by atoms with Crippen molar-refractivity contribution in [3.8, 4) is 0 Å². The number of ether oxygens (including phenoxy) is 3. The molecule has 0 rings (SSSR count). The van der Waals surface area contributed by atoms with Crippen LogP contribution >= 0.6 is 0 Å². The van der Waals surface area contributed by atoms with Crippen LogP contribution in [0.1, 0.15) is 342 Å². The van der Waals surface area contributed by atoms with E-state index in [4.69, 9.17) is 14.2 Å². The SMILES string of the molecule is CCCCCCC/C=C\CCCCCCCC(=O)OC(COC(=O)CCCCCCCC)COC(=O)CCCCCCCCCCCCCCCCCCCCCCCCCCCCCCC. The van der Waals surface area contributed by atoms with Crippen molar-refractivity contribution in [2.24, 2.45) is 0 Å². The quantitative estimate of drug-likeness (QED) is 0.0262. The maximum absolute atomic E-state index is 12.8. The molecular formula is C61H116O6. The molecule has 0 fully saturated rings. The van der Waals surface area contributed by atoms with Crippen LogP contribution in [0.25, 0.3) is 0 Å². The molecule has 67 heavy (non-hydrogen) atoms. The van der Waals surface area contributed by atoms with Gasteiger partial charge in [0.25, 0.3) is 0 Å². The van der Waals surface area contributed by atoms with E-state index in [1.165, 1.54) is 238 Å². The lowest BCUT2D eigenvalue weighted by atomic mass is 10.0. The third-order valence-electron chi connectivity index (χ3n) is 13.8. The lowest BCUT2D eigenvalue weighted by molar-refractivity contribution is -0.167. The van der Waals surface area contributed by atoms with Gasteiger partial charge in [-0.3, -0.25) is 14.4 Å². The van der Waals surface area contributed by atoms with Gasteiger partial charge < -0.3 is 14.2 Å². The molecule has 0 aromatic carbocycles. The Bertz CT molecular complexity index is 1040. The molecule has 0 heterocycles. The monoisotopic (exact) mass is 945 g/mol. The summed E-state index contributed by atoms with van der Waals surface area (Å²) < 4.78 is 16.7. The third kappa shape index (κ3) is 55.0. The van der Waals surface area contributed by atoms with Gasteiger partial charge in [0.2, 0.25) is 0 Å². The average Bonchev–Trinajstić information content (AvgIpc) is 3.33. The van der Waals surface area contributed by atoms with E-state index in [0.29, 0.717) is 19.3 Å². The maximum atomic E-state index is 12.8. The van der Waals surface area contributed by atoms with Crippen LogP contribution in [0.2, 0.25) is 0 Å². The molecule has 6 heteroatoms. The summed E-state index contributed by atoms with van der Waals surface area (Å²) in [5.74, 6) is -0.868. The predicted molar refractivity (Wildman–Crippen MR) is 289 cm³/mol. The highest BCUT2D eigenvalue weighted by Gasteiger charge is 2.19. The Balaban J connectivity index is 3.94. The van der Waals surface area contributed by atoms with Crippen molar-refractivity contribution in [1.29, 1.82) is 0 Å². The van der Waals surface area contributed by atoms with Gasteiger partial charge in [0.1, 0.15) is 13.2 Å². The van der Waals surface area contributed by atoms with Gasteiger partial charge in [0.15, 0.2) is 6.10 Å². The summed E-state index contributed by atoms with van der Waals surface area (Å²) in [4.78, 5) is 37.8. The van der Waals surface area contributed by atoms with Gasteiger partial charge in [-0.15, -0.1) is 0 Å². The second-order valence-corrected chi connectivity index (χ2v) is 20.6. The fourth-order valence-electron chi connectivity index (χ4n) is 9.21. The fraction of sp³-hybridized carbons (Fsp3) is 0.918. The van der Waals surface area contributed by atoms with E-state index in [1.807, 2.05) is 0 Å². The first kappa shape index (κ1) is 65.1. The molecule has 0 radical (unpaired) electrons. The van der Waals surface area contributed by atoms with Crippen LogP contribution in [-0.2, 0) is 28.6 Å². The van der Waals surface area contributed by atoms with Crippen LogP contribution in [0.5, 0.6) is 0 Å². The molecule has 0 aliphatic carbocycles. The molecule has 0 aromatic rings. The Morgan fingerprint density at radius 1 is 0.284 bits per heavy atom. The van der Waals surface area contributed by atoms with Crippen molar-refractivity contribution in [2.75, 3.05) is 13.2 Å². The summed E-state index contributed by atoms with van der Waals surface area (Å²) in [5, 5.41) is 0. The van der Waals surface area contributed by atoms with E-state index in [2.05, 4.69) is 32.9 Å². The van der Waals surface area contributed by atoms with Crippen molar-refractivity contribution < 1.29 is 28.6 Å². The van der Waals surface area contributed by atoms with Crippen LogP contribution < -0.4 is 0 Å². The largest absolute Gasteiger partial charge is 0.462 e. The van der Waals surface area contributed by atoms with Crippen molar-refractivity contribution in [1.82, 2.24) is 0 Å². The Morgan fingerprint density at radius 2 is 0.493 bits per heavy atom. The van der Waals surface area contributed by atoms with Crippen molar-refractivity contribution in [3.05, 3.63) is 12.2 Å². The van der Waals surface area contributed by atoms with Gasteiger partial charge in [0.05, 0.1) is 0 Å². The molecule has 1 atom stereocenters. The van der Waals surface area contributed by atoms with Gasteiger partial charge in [-0.2, -0.15) is 0 Å². The normalized spacial score (nSPS) is 12.0. The summed E-state index contributed by atoms with van der Waals surface area (Å²) in [7, 11) is 0. The molecular weight excluding hydrogens is 829 g/mol. The maximum Gasteiger partial charge on any atom is 0.306 e. The number of carbonyl (C=O) groups is 3. The molecule has 6 nitrogen and oxygen atoms in total. The van der Waals surface area contributed by atoms with Crippen LogP contribution in [0.4, 0.5) is 0 Å². The number of hydrogen-bond donors (Lipinski definition) is 0. The first-order valence-corrected chi connectivity index (χ1v) is 30.2. The highest BCUT2D eigenvalue weighted by atomic mass is 16.6.